The van der Waals surface area contributed by atoms with Gasteiger partial charge in [0.15, 0.2) is 5.84 Å². The lowest BCUT2D eigenvalue weighted by Gasteiger charge is -2.08. The molecule has 0 fully saturated rings. The fourth-order valence-corrected chi connectivity index (χ4v) is 2.70. The number of benzene rings is 2. The van der Waals surface area contributed by atoms with Crippen LogP contribution in [0.3, 0.4) is 0 Å². The lowest BCUT2D eigenvalue weighted by molar-refractivity contribution is 0.256. The Balaban J connectivity index is 1.52. The zero-order chi connectivity index (χ0) is 19.3. The van der Waals surface area contributed by atoms with Crippen molar-refractivity contribution in [2.45, 2.75) is 0 Å². The molecule has 0 spiro atoms. The van der Waals surface area contributed by atoms with Crippen LogP contribution in [0.5, 0.6) is 0 Å². The number of nitrogens with one attached hydrogen (secondary N) is 4. The number of carbonyl (C=O) groups excluding carboxylic acids is 2. The van der Waals surface area contributed by atoms with E-state index in [1.54, 1.807) is 36.5 Å². The summed E-state index contributed by atoms with van der Waals surface area (Å²) < 4.78 is 0. The minimum atomic E-state index is -0.562. The number of aromatic amines is 1. The van der Waals surface area contributed by atoms with E-state index in [0.29, 0.717) is 22.8 Å². The molecule has 138 valence electrons. The van der Waals surface area contributed by atoms with E-state index >= 15 is 0 Å². The first-order valence-electron chi connectivity index (χ1n) is 8.53. The van der Waals surface area contributed by atoms with Crippen molar-refractivity contribution in [3.63, 3.8) is 0 Å². The van der Waals surface area contributed by atoms with Crippen molar-refractivity contribution in [2.24, 2.45) is 9.98 Å². The molecule has 0 aliphatic carbocycles. The molecule has 0 saturated heterocycles. The second-order valence-electron chi connectivity index (χ2n) is 5.90. The first-order valence-corrected chi connectivity index (χ1v) is 8.53. The van der Waals surface area contributed by atoms with Crippen LogP contribution in [0, 0.1) is 0 Å². The van der Waals surface area contributed by atoms with E-state index in [1.165, 1.54) is 0 Å². The number of anilines is 2. The molecule has 4 N–H and O–H groups in total. The summed E-state index contributed by atoms with van der Waals surface area (Å²) in [6, 6.07) is 18.7. The Bertz CT molecular complexity index is 1070. The van der Waals surface area contributed by atoms with Gasteiger partial charge in [-0.2, -0.15) is 4.99 Å². The van der Waals surface area contributed by atoms with Crippen LogP contribution < -0.4 is 16.0 Å². The Morgan fingerprint density at radius 3 is 2.14 bits per heavy atom. The van der Waals surface area contributed by atoms with Gasteiger partial charge in [-0.3, -0.25) is 5.32 Å². The number of hydrogen-bond acceptors (Lipinski definition) is 3. The molecule has 2 heterocycles. The van der Waals surface area contributed by atoms with Crippen LogP contribution in [-0.2, 0) is 0 Å². The Morgan fingerprint density at radius 1 is 0.821 bits per heavy atom. The Labute approximate surface area is 160 Å². The summed E-state index contributed by atoms with van der Waals surface area (Å²) in [5, 5.41) is 8.04. The maximum atomic E-state index is 12.3. The van der Waals surface area contributed by atoms with Crippen molar-refractivity contribution in [3.05, 3.63) is 78.5 Å². The zero-order valence-corrected chi connectivity index (χ0v) is 14.6. The third kappa shape index (κ3) is 3.80. The summed E-state index contributed by atoms with van der Waals surface area (Å²) >= 11 is 0. The van der Waals surface area contributed by atoms with E-state index in [1.807, 2.05) is 36.4 Å². The largest absolute Gasteiger partial charge is 0.346 e. The highest BCUT2D eigenvalue weighted by molar-refractivity contribution is 6.54. The summed E-state index contributed by atoms with van der Waals surface area (Å²) in [4.78, 5) is 36.0. The fraction of sp³-hybridized carbons (Fsp3) is 0. The van der Waals surface area contributed by atoms with Gasteiger partial charge in [0.25, 0.3) is 0 Å². The van der Waals surface area contributed by atoms with Crippen LogP contribution in [0.2, 0.25) is 0 Å². The number of para-hydroxylation sites is 2. The molecular formula is C20H16N6O2. The Kier molecular flexibility index (Phi) is 4.67. The van der Waals surface area contributed by atoms with Crippen LogP contribution >= 0.6 is 0 Å². The van der Waals surface area contributed by atoms with Crippen LogP contribution in [0.1, 0.15) is 5.56 Å². The number of aromatic nitrogens is 1. The maximum absolute atomic E-state index is 12.3. The third-order valence-electron chi connectivity index (χ3n) is 3.93. The zero-order valence-electron chi connectivity index (χ0n) is 14.6. The molecule has 3 aromatic rings. The molecular weight excluding hydrogens is 356 g/mol. The minimum absolute atomic E-state index is 0.193. The van der Waals surface area contributed by atoms with Gasteiger partial charge in [0, 0.05) is 23.1 Å². The topological polar surface area (TPSA) is 111 Å². The van der Waals surface area contributed by atoms with Gasteiger partial charge in [-0.1, -0.05) is 36.4 Å². The number of carbonyl (C=O) groups is 2. The molecule has 0 unspecified atom stereocenters. The average molecular weight is 372 g/mol. The van der Waals surface area contributed by atoms with Crippen molar-refractivity contribution >= 4 is 40.8 Å². The highest BCUT2D eigenvalue weighted by Gasteiger charge is 2.26. The molecule has 0 bridgehead atoms. The highest BCUT2D eigenvalue weighted by atomic mass is 16.2. The lowest BCUT2D eigenvalue weighted by Crippen LogP contribution is -2.38. The first kappa shape index (κ1) is 17.2. The molecule has 0 saturated carbocycles. The second kappa shape index (κ2) is 7.58. The molecule has 1 aliphatic rings. The number of urea groups is 2. The first-order chi connectivity index (χ1) is 13.7. The number of aliphatic imine (C=N–C) groups is 2. The van der Waals surface area contributed by atoms with Crippen molar-refractivity contribution in [3.8, 4) is 0 Å². The molecule has 1 aliphatic heterocycles. The Morgan fingerprint density at radius 2 is 1.46 bits per heavy atom. The Hall–Kier alpha value is -4.20. The van der Waals surface area contributed by atoms with Gasteiger partial charge in [0.1, 0.15) is 11.5 Å². The number of amidine groups is 1. The summed E-state index contributed by atoms with van der Waals surface area (Å²) in [6.45, 7) is 0. The van der Waals surface area contributed by atoms with Gasteiger partial charge < -0.3 is 15.6 Å². The molecule has 2 aromatic carbocycles. The highest BCUT2D eigenvalue weighted by Crippen LogP contribution is 2.24. The quantitative estimate of drug-likeness (QED) is 0.547. The van der Waals surface area contributed by atoms with Crippen LogP contribution in [-0.4, -0.2) is 28.6 Å². The van der Waals surface area contributed by atoms with Gasteiger partial charge in [0.05, 0.1) is 0 Å². The predicted octanol–water partition coefficient (Wildman–Crippen LogP) is 3.90. The molecule has 8 heteroatoms. The molecule has 4 rings (SSSR count). The molecule has 1 aromatic heterocycles. The van der Waals surface area contributed by atoms with Crippen LogP contribution in [0.25, 0.3) is 0 Å². The summed E-state index contributed by atoms with van der Waals surface area (Å²) in [5.41, 5.74) is 2.18. The number of amides is 4. The SMILES string of the molecule is O=C(N=C1C(NC(=O)Nc2ccccc2)=Nc2[nH]ccc21)Nc1ccccc1. The third-order valence-corrected chi connectivity index (χ3v) is 3.93. The molecule has 8 nitrogen and oxygen atoms in total. The van der Waals surface area contributed by atoms with Gasteiger partial charge >= 0.3 is 12.1 Å². The summed E-state index contributed by atoms with van der Waals surface area (Å²) in [6.07, 6.45) is 1.69. The van der Waals surface area contributed by atoms with Crippen LogP contribution in [0.15, 0.2) is 82.9 Å². The minimum Gasteiger partial charge on any atom is -0.346 e. The number of hydrogen-bond donors (Lipinski definition) is 4. The average Bonchev–Trinajstić information content (AvgIpc) is 3.26. The van der Waals surface area contributed by atoms with Crippen molar-refractivity contribution < 1.29 is 9.59 Å². The number of nitrogens with zero attached hydrogens (tertiary/aromatic N) is 2. The second-order valence-corrected chi connectivity index (χ2v) is 5.90. The standard InChI is InChI=1S/C20H16N6O2/c27-19(22-13-7-3-1-4-8-13)24-16-15-11-12-21-17(15)25-18(16)26-20(28)23-14-9-5-2-6-10-14/h1-12H,(H4,21,22,23,24,25,26,27,28). The number of fused-ring (bicyclic) bond motifs is 1. The van der Waals surface area contributed by atoms with Gasteiger partial charge in [0.2, 0.25) is 0 Å². The van der Waals surface area contributed by atoms with Gasteiger partial charge in [-0.05, 0) is 30.3 Å². The smallest absolute Gasteiger partial charge is 0.346 e. The van der Waals surface area contributed by atoms with Crippen LogP contribution in [0.4, 0.5) is 26.8 Å². The molecule has 0 atom stereocenters. The van der Waals surface area contributed by atoms with Gasteiger partial charge in [-0.25, -0.2) is 14.6 Å². The monoisotopic (exact) mass is 372 g/mol. The predicted molar refractivity (Wildman–Crippen MR) is 108 cm³/mol. The maximum Gasteiger partial charge on any atom is 0.346 e. The molecule has 28 heavy (non-hydrogen) atoms. The fourth-order valence-electron chi connectivity index (χ4n) is 2.70. The van der Waals surface area contributed by atoms with E-state index in [0.717, 1.165) is 0 Å². The van der Waals surface area contributed by atoms with Crippen molar-refractivity contribution in [1.29, 1.82) is 0 Å². The molecule has 4 amide bonds. The van der Waals surface area contributed by atoms with E-state index in [4.69, 9.17) is 0 Å². The van der Waals surface area contributed by atoms with Crippen molar-refractivity contribution in [1.82, 2.24) is 10.3 Å². The van der Waals surface area contributed by atoms with E-state index in [-0.39, 0.29) is 11.5 Å². The van der Waals surface area contributed by atoms with E-state index in [9.17, 15) is 9.59 Å². The normalized spacial score (nSPS) is 13.6. The lowest BCUT2D eigenvalue weighted by atomic mass is 10.2. The number of rotatable bonds is 2. The molecule has 0 radical (unpaired) electrons. The summed E-state index contributed by atoms with van der Waals surface area (Å²) in [7, 11) is 0. The summed E-state index contributed by atoms with van der Waals surface area (Å²) in [5.74, 6) is 0.722. The van der Waals surface area contributed by atoms with E-state index in [2.05, 4.69) is 30.9 Å². The van der Waals surface area contributed by atoms with Gasteiger partial charge in [-0.15, -0.1) is 0 Å². The number of H-pyrrole nitrogens is 1. The van der Waals surface area contributed by atoms with Crippen molar-refractivity contribution in [2.75, 3.05) is 10.6 Å². The van der Waals surface area contributed by atoms with E-state index < -0.39 is 12.1 Å².